The lowest BCUT2D eigenvalue weighted by Gasteiger charge is -2.22. The van der Waals surface area contributed by atoms with Gasteiger partial charge in [0.25, 0.3) is 0 Å². The monoisotopic (exact) mass is 243 g/mol. The molecule has 0 fully saturated rings. The highest BCUT2D eigenvalue weighted by Gasteiger charge is 2.18. The molecule has 0 bridgehead atoms. The average molecular weight is 243 g/mol. The summed E-state index contributed by atoms with van der Waals surface area (Å²) in [5.41, 5.74) is 3.95. The van der Waals surface area contributed by atoms with Crippen molar-refractivity contribution in [3.63, 3.8) is 0 Å². The second-order valence-corrected chi connectivity index (χ2v) is 5.89. The Morgan fingerprint density at radius 1 is 1.17 bits per heavy atom. The van der Waals surface area contributed by atoms with Crippen molar-refractivity contribution in [2.24, 2.45) is 0 Å². The minimum Gasteiger partial charge on any atom is -0.312 e. The zero-order valence-electron chi connectivity index (χ0n) is 11.9. The van der Waals surface area contributed by atoms with Crippen LogP contribution in [0.15, 0.2) is 24.5 Å². The van der Waals surface area contributed by atoms with Crippen molar-refractivity contribution in [3.05, 3.63) is 47.0 Å². The van der Waals surface area contributed by atoms with Crippen LogP contribution in [0.4, 0.5) is 0 Å². The van der Waals surface area contributed by atoms with Crippen molar-refractivity contribution < 1.29 is 0 Å². The number of aryl methyl sites for hydroxylation is 2. The van der Waals surface area contributed by atoms with Gasteiger partial charge in [-0.1, -0.05) is 23.8 Å². The van der Waals surface area contributed by atoms with E-state index in [1.165, 1.54) is 16.7 Å². The molecule has 1 aromatic heterocycles. The lowest BCUT2D eigenvalue weighted by molar-refractivity contribution is 0.384. The third-order valence-electron chi connectivity index (χ3n) is 3.19. The van der Waals surface area contributed by atoms with Crippen LogP contribution in [-0.4, -0.2) is 14.8 Å². The van der Waals surface area contributed by atoms with Gasteiger partial charge in [0.05, 0.1) is 0 Å². The van der Waals surface area contributed by atoms with Crippen LogP contribution in [0.3, 0.4) is 0 Å². The predicted octanol–water partition coefficient (Wildman–Crippen LogP) is 3.24. The van der Waals surface area contributed by atoms with E-state index >= 15 is 0 Å². The zero-order valence-corrected chi connectivity index (χ0v) is 11.9. The highest BCUT2D eigenvalue weighted by atomic mass is 15.3. The standard InChI is InChI=1S/C15H21N3/c1-11-6-7-12(2)13(8-11)9-14-17-16-10-18(14)15(3,4)5/h6-8,10H,9H2,1-5H3. The first-order valence-electron chi connectivity index (χ1n) is 6.33. The van der Waals surface area contributed by atoms with E-state index in [4.69, 9.17) is 0 Å². The van der Waals surface area contributed by atoms with Crippen molar-refractivity contribution in [1.82, 2.24) is 14.8 Å². The molecule has 0 atom stereocenters. The van der Waals surface area contributed by atoms with Gasteiger partial charge in [0, 0.05) is 12.0 Å². The Morgan fingerprint density at radius 2 is 1.89 bits per heavy atom. The Labute approximate surface area is 109 Å². The second kappa shape index (κ2) is 4.56. The first-order valence-corrected chi connectivity index (χ1v) is 6.33. The smallest absolute Gasteiger partial charge is 0.137 e. The summed E-state index contributed by atoms with van der Waals surface area (Å²) in [4.78, 5) is 0. The van der Waals surface area contributed by atoms with E-state index in [-0.39, 0.29) is 5.54 Å². The molecule has 3 heteroatoms. The second-order valence-electron chi connectivity index (χ2n) is 5.89. The molecular formula is C15H21N3. The minimum absolute atomic E-state index is 0.0244. The Kier molecular flexibility index (Phi) is 3.24. The van der Waals surface area contributed by atoms with Crippen LogP contribution in [0.1, 0.15) is 43.3 Å². The van der Waals surface area contributed by atoms with Gasteiger partial charge in [-0.15, -0.1) is 10.2 Å². The Bertz CT molecular complexity index is 547. The summed E-state index contributed by atoms with van der Waals surface area (Å²) in [7, 11) is 0. The first kappa shape index (κ1) is 12.8. The summed E-state index contributed by atoms with van der Waals surface area (Å²) in [6.07, 6.45) is 2.66. The molecule has 0 saturated carbocycles. The number of rotatable bonds is 2. The Morgan fingerprint density at radius 3 is 2.56 bits per heavy atom. The summed E-state index contributed by atoms with van der Waals surface area (Å²) >= 11 is 0. The van der Waals surface area contributed by atoms with Gasteiger partial charge < -0.3 is 4.57 Å². The lowest BCUT2D eigenvalue weighted by Crippen LogP contribution is -2.23. The first-order chi connectivity index (χ1) is 8.38. The maximum atomic E-state index is 4.26. The lowest BCUT2D eigenvalue weighted by atomic mass is 10.0. The molecule has 96 valence electrons. The molecule has 0 amide bonds. The summed E-state index contributed by atoms with van der Waals surface area (Å²) in [6, 6.07) is 6.55. The van der Waals surface area contributed by atoms with Gasteiger partial charge in [0.15, 0.2) is 0 Å². The molecule has 0 aliphatic carbocycles. The number of hydrogen-bond acceptors (Lipinski definition) is 2. The van der Waals surface area contributed by atoms with Crippen molar-refractivity contribution in [3.8, 4) is 0 Å². The summed E-state index contributed by atoms with van der Waals surface area (Å²) in [5.74, 6) is 1.02. The number of hydrogen-bond donors (Lipinski definition) is 0. The van der Waals surface area contributed by atoms with Gasteiger partial charge in [-0.2, -0.15) is 0 Å². The van der Waals surface area contributed by atoms with Crippen molar-refractivity contribution in [2.45, 2.75) is 46.6 Å². The molecule has 0 unspecified atom stereocenters. The Hall–Kier alpha value is -1.64. The van der Waals surface area contributed by atoms with E-state index < -0.39 is 0 Å². The maximum Gasteiger partial charge on any atom is 0.137 e. The summed E-state index contributed by atoms with van der Waals surface area (Å²) in [6.45, 7) is 10.8. The van der Waals surface area contributed by atoms with Gasteiger partial charge in [-0.25, -0.2) is 0 Å². The molecule has 18 heavy (non-hydrogen) atoms. The number of aromatic nitrogens is 3. The molecule has 1 heterocycles. The van der Waals surface area contributed by atoms with Crippen LogP contribution >= 0.6 is 0 Å². The van der Waals surface area contributed by atoms with Crippen LogP contribution in [0, 0.1) is 13.8 Å². The fourth-order valence-corrected chi connectivity index (χ4v) is 2.10. The molecule has 2 aromatic rings. The fraction of sp³-hybridized carbons (Fsp3) is 0.467. The SMILES string of the molecule is Cc1ccc(C)c(Cc2nncn2C(C)(C)C)c1. The molecule has 3 nitrogen and oxygen atoms in total. The van der Waals surface area contributed by atoms with Crippen LogP contribution < -0.4 is 0 Å². The normalized spacial score (nSPS) is 11.8. The molecular weight excluding hydrogens is 222 g/mol. The maximum absolute atomic E-state index is 4.26. The van der Waals surface area contributed by atoms with Crippen LogP contribution in [0.2, 0.25) is 0 Å². The highest BCUT2D eigenvalue weighted by molar-refractivity contribution is 5.32. The molecule has 2 rings (SSSR count). The Balaban J connectivity index is 2.35. The van der Waals surface area contributed by atoms with Crippen LogP contribution in [0.25, 0.3) is 0 Å². The van der Waals surface area contributed by atoms with Gasteiger partial charge in [0.2, 0.25) is 0 Å². The molecule has 0 spiro atoms. The molecule has 0 N–H and O–H groups in total. The largest absolute Gasteiger partial charge is 0.312 e. The zero-order chi connectivity index (χ0) is 13.3. The fourth-order valence-electron chi connectivity index (χ4n) is 2.10. The van der Waals surface area contributed by atoms with E-state index in [0.29, 0.717) is 0 Å². The van der Waals surface area contributed by atoms with Gasteiger partial charge in [0.1, 0.15) is 12.2 Å². The van der Waals surface area contributed by atoms with E-state index in [2.05, 4.69) is 67.6 Å². The van der Waals surface area contributed by atoms with E-state index in [0.717, 1.165) is 12.2 Å². The van der Waals surface area contributed by atoms with E-state index in [9.17, 15) is 0 Å². The molecule has 1 aromatic carbocycles. The van der Waals surface area contributed by atoms with Gasteiger partial charge >= 0.3 is 0 Å². The minimum atomic E-state index is 0.0244. The molecule has 0 saturated heterocycles. The third kappa shape index (κ3) is 2.61. The third-order valence-corrected chi connectivity index (χ3v) is 3.19. The summed E-state index contributed by atoms with van der Waals surface area (Å²) in [5, 5.41) is 8.31. The van der Waals surface area contributed by atoms with Crippen LogP contribution in [-0.2, 0) is 12.0 Å². The van der Waals surface area contributed by atoms with Gasteiger partial charge in [-0.3, -0.25) is 0 Å². The van der Waals surface area contributed by atoms with Gasteiger partial charge in [-0.05, 0) is 45.7 Å². The number of nitrogens with zero attached hydrogens (tertiary/aromatic N) is 3. The highest BCUT2D eigenvalue weighted by Crippen LogP contribution is 2.19. The van der Waals surface area contributed by atoms with Crippen molar-refractivity contribution >= 4 is 0 Å². The van der Waals surface area contributed by atoms with E-state index in [1.54, 1.807) is 0 Å². The topological polar surface area (TPSA) is 30.7 Å². The predicted molar refractivity (Wildman–Crippen MR) is 73.7 cm³/mol. The van der Waals surface area contributed by atoms with Crippen molar-refractivity contribution in [1.29, 1.82) is 0 Å². The van der Waals surface area contributed by atoms with E-state index in [1.807, 2.05) is 6.33 Å². The quantitative estimate of drug-likeness (QED) is 0.810. The molecule has 0 radical (unpaired) electrons. The molecule has 0 aliphatic rings. The summed E-state index contributed by atoms with van der Waals surface area (Å²) < 4.78 is 2.15. The molecule has 0 aliphatic heterocycles. The average Bonchev–Trinajstić information content (AvgIpc) is 2.71. The van der Waals surface area contributed by atoms with Crippen LogP contribution in [0.5, 0.6) is 0 Å². The van der Waals surface area contributed by atoms with Crippen molar-refractivity contribution in [2.75, 3.05) is 0 Å². The number of benzene rings is 1.